The Labute approximate surface area is 130 Å². The van der Waals surface area contributed by atoms with Crippen LogP contribution in [0.5, 0.6) is 0 Å². The van der Waals surface area contributed by atoms with E-state index in [1.54, 1.807) is 6.07 Å². The van der Waals surface area contributed by atoms with Crippen LogP contribution in [0.25, 0.3) is 22.1 Å². The van der Waals surface area contributed by atoms with Gasteiger partial charge < -0.3 is 9.73 Å². The van der Waals surface area contributed by atoms with Gasteiger partial charge in [-0.05, 0) is 24.1 Å². The van der Waals surface area contributed by atoms with Crippen molar-refractivity contribution in [1.82, 2.24) is 9.97 Å². The molecule has 0 fully saturated rings. The van der Waals surface area contributed by atoms with Crippen LogP contribution in [0, 0.1) is 10.1 Å². The van der Waals surface area contributed by atoms with Crippen LogP contribution in [-0.4, -0.2) is 21.4 Å². The highest BCUT2D eigenvalue weighted by atomic mass is 35.5. The average molecular weight is 321 g/mol. The first-order chi connectivity index (χ1) is 10.6. The second-order valence-electron chi connectivity index (χ2n) is 4.84. The van der Waals surface area contributed by atoms with E-state index in [1.165, 1.54) is 12.1 Å². The normalized spacial score (nSPS) is 11.2. The molecule has 0 radical (unpaired) electrons. The minimum atomic E-state index is -0.457. The average Bonchev–Trinajstić information content (AvgIpc) is 2.85. The van der Waals surface area contributed by atoms with Gasteiger partial charge in [-0.1, -0.05) is 13.3 Å². The van der Waals surface area contributed by atoms with Crippen molar-refractivity contribution in [1.29, 1.82) is 0 Å². The number of fused-ring (bicyclic) bond motifs is 3. The molecule has 0 atom stereocenters. The fourth-order valence-corrected chi connectivity index (χ4v) is 2.39. The number of nitro benzene ring substituents is 1. The van der Waals surface area contributed by atoms with Crippen molar-refractivity contribution < 1.29 is 9.34 Å². The monoisotopic (exact) mass is 320 g/mol. The molecule has 0 aliphatic rings. The van der Waals surface area contributed by atoms with Gasteiger partial charge in [0.05, 0.1) is 10.3 Å². The fourth-order valence-electron chi connectivity index (χ4n) is 2.22. The second kappa shape index (κ2) is 5.76. The molecule has 114 valence electrons. The largest absolute Gasteiger partial charge is 0.450 e. The Morgan fingerprint density at radius 3 is 2.95 bits per heavy atom. The molecular weight excluding hydrogens is 308 g/mol. The van der Waals surface area contributed by atoms with Crippen LogP contribution in [-0.2, 0) is 0 Å². The molecule has 0 bridgehead atoms. The first-order valence-corrected chi connectivity index (χ1v) is 7.26. The zero-order valence-corrected chi connectivity index (χ0v) is 12.6. The van der Waals surface area contributed by atoms with Crippen LogP contribution in [0.3, 0.4) is 0 Å². The van der Waals surface area contributed by atoms with Crippen molar-refractivity contribution in [3.8, 4) is 0 Å². The summed E-state index contributed by atoms with van der Waals surface area (Å²) in [5.41, 5.74) is 1.41. The summed E-state index contributed by atoms with van der Waals surface area (Å²) in [6.45, 7) is 2.82. The predicted octanol–water partition coefficient (Wildman–Crippen LogP) is 4.15. The van der Waals surface area contributed by atoms with Gasteiger partial charge in [0.1, 0.15) is 11.1 Å². The number of halogens is 1. The third kappa shape index (κ3) is 2.55. The van der Waals surface area contributed by atoms with Gasteiger partial charge >= 0.3 is 0 Å². The van der Waals surface area contributed by atoms with Crippen molar-refractivity contribution in [2.24, 2.45) is 0 Å². The molecule has 0 saturated carbocycles. The quantitative estimate of drug-likeness (QED) is 0.328. The number of anilines is 1. The second-order valence-corrected chi connectivity index (χ2v) is 5.18. The summed E-state index contributed by atoms with van der Waals surface area (Å²) in [6, 6.07) is 4.38. The number of hydrogen-bond acceptors (Lipinski definition) is 6. The lowest BCUT2D eigenvalue weighted by Gasteiger charge is -2.04. The van der Waals surface area contributed by atoms with Crippen molar-refractivity contribution in [3.05, 3.63) is 33.6 Å². The molecular formula is C14H13ClN4O3. The molecule has 0 amide bonds. The number of aromatic nitrogens is 2. The Balaban J connectivity index is 2.18. The fraction of sp³-hybridized carbons (Fsp3) is 0.286. The molecule has 0 aliphatic carbocycles. The first-order valence-electron chi connectivity index (χ1n) is 6.88. The standard InChI is InChI=1S/C14H13ClN4O3/c1-2-3-6-16-13-12-11(17-14(15)18-13)9-7-8(19(20)21)4-5-10(9)22-12/h4-5,7H,2-3,6H2,1H3,(H,16,17,18). The SMILES string of the molecule is CCCCNc1nc(Cl)nc2c1oc1ccc([N+](=O)[O-])cc12. The lowest BCUT2D eigenvalue weighted by molar-refractivity contribution is -0.384. The van der Waals surface area contributed by atoms with Crippen molar-refractivity contribution in [2.75, 3.05) is 11.9 Å². The molecule has 0 spiro atoms. The molecule has 3 aromatic rings. The Morgan fingerprint density at radius 2 is 2.23 bits per heavy atom. The maximum atomic E-state index is 10.9. The third-order valence-electron chi connectivity index (χ3n) is 3.30. The van der Waals surface area contributed by atoms with Gasteiger partial charge in [-0.2, -0.15) is 4.98 Å². The van der Waals surface area contributed by atoms with Crippen LogP contribution in [0.1, 0.15) is 19.8 Å². The summed E-state index contributed by atoms with van der Waals surface area (Å²) in [6.07, 6.45) is 2.02. The predicted molar refractivity (Wildman–Crippen MR) is 84.4 cm³/mol. The molecule has 3 rings (SSSR count). The maximum Gasteiger partial charge on any atom is 0.270 e. The number of nitro groups is 1. The van der Waals surface area contributed by atoms with Gasteiger partial charge in [0.2, 0.25) is 5.28 Å². The number of nitrogens with zero attached hydrogens (tertiary/aromatic N) is 3. The third-order valence-corrected chi connectivity index (χ3v) is 3.47. The summed E-state index contributed by atoms with van der Waals surface area (Å²) < 4.78 is 5.74. The highest BCUT2D eigenvalue weighted by molar-refractivity contribution is 6.29. The summed E-state index contributed by atoms with van der Waals surface area (Å²) in [5, 5.41) is 14.7. The Bertz CT molecular complexity index is 862. The van der Waals surface area contributed by atoms with Crippen LogP contribution < -0.4 is 5.32 Å². The van der Waals surface area contributed by atoms with E-state index in [0.29, 0.717) is 27.9 Å². The molecule has 2 aromatic heterocycles. The molecule has 1 aromatic carbocycles. The Hall–Kier alpha value is -2.41. The first kappa shape index (κ1) is 14.5. The van der Waals surface area contributed by atoms with E-state index in [-0.39, 0.29) is 11.0 Å². The number of nitrogens with one attached hydrogen (secondary N) is 1. The number of rotatable bonds is 5. The van der Waals surface area contributed by atoms with E-state index in [1.807, 2.05) is 0 Å². The van der Waals surface area contributed by atoms with Crippen molar-refractivity contribution in [2.45, 2.75) is 19.8 Å². The van der Waals surface area contributed by atoms with Crippen LogP contribution in [0.15, 0.2) is 22.6 Å². The molecule has 1 N–H and O–H groups in total. The zero-order chi connectivity index (χ0) is 15.7. The highest BCUT2D eigenvalue weighted by Crippen LogP contribution is 2.34. The van der Waals surface area contributed by atoms with E-state index in [0.717, 1.165) is 19.4 Å². The Kier molecular flexibility index (Phi) is 3.81. The molecule has 2 heterocycles. The van der Waals surface area contributed by atoms with E-state index in [4.69, 9.17) is 16.0 Å². The highest BCUT2D eigenvalue weighted by Gasteiger charge is 2.17. The smallest absolute Gasteiger partial charge is 0.270 e. The van der Waals surface area contributed by atoms with Gasteiger partial charge in [0, 0.05) is 18.7 Å². The summed E-state index contributed by atoms with van der Waals surface area (Å²) in [7, 11) is 0. The minimum absolute atomic E-state index is 0.0228. The molecule has 8 heteroatoms. The lowest BCUT2D eigenvalue weighted by atomic mass is 10.2. The van der Waals surface area contributed by atoms with Crippen LogP contribution in [0.2, 0.25) is 5.28 Å². The number of non-ortho nitro benzene ring substituents is 1. The summed E-state index contributed by atoms with van der Waals surface area (Å²) >= 11 is 5.96. The van der Waals surface area contributed by atoms with E-state index < -0.39 is 4.92 Å². The van der Waals surface area contributed by atoms with Crippen molar-refractivity contribution in [3.63, 3.8) is 0 Å². The van der Waals surface area contributed by atoms with Gasteiger partial charge in [-0.25, -0.2) is 4.98 Å². The van der Waals surface area contributed by atoms with E-state index >= 15 is 0 Å². The van der Waals surface area contributed by atoms with Gasteiger partial charge in [0.25, 0.3) is 5.69 Å². The summed E-state index contributed by atoms with van der Waals surface area (Å²) in [5.74, 6) is 0.502. The van der Waals surface area contributed by atoms with Crippen LogP contribution >= 0.6 is 11.6 Å². The van der Waals surface area contributed by atoms with Gasteiger partial charge in [-0.15, -0.1) is 0 Å². The van der Waals surface area contributed by atoms with Crippen molar-refractivity contribution >= 4 is 45.2 Å². The number of unbranched alkanes of at least 4 members (excludes halogenated alkanes) is 1. The molecule has 22 heavy (non-hydrogen) atoms. The van der Waals surface area contributed by atoms with Gasteiger partial charge in [0.15, 0.2) is 11.4 Å². The molecule has 7 nitrogen and oxygen atoms in total. The topological polar surface area (TPSA) is 94.1 Å². The van der Waals surface area contributed by atoms with E-state index in [9.17, 15) is 10.1 Å². The molecule has 0 unspecified atom stereocenters. The lowest BCUT2D eigenvalue weighted by Crippen LogP contribution is -2.03. The maximum absolute atomic E-state index is 10.9. The zero-order valence-electron chi connectivity index (χ0n) is 11.8. The van der Waals surface area contributed by atoms with Gasteiger partial charge in [-0.3, -0.25) is 10.1 Å². The minimum Gasteiger partial charge on any atom is -0.450 e. The summed E-state index contributed by atoms with van der Waals surface area (Å²) in [4.78, 5) is 18.8. The molecule has 0 saturated heterocycles. The Morgan fingerprint density at radius 1 is 1.41 bits per heavy atom. The van der Waals surface area contributed by atoms with Crippen LogP contribution in [0.4, 0.5) is 11.5 Å². The number of furan rings is 1. The van der Waals surface area contributed by atoms with E-state index in [2.05, 4.69) is 22.2 Å². The molecule has 0 aliphatic heterocycles. The number of hydrogen-bond donors (Lipinski definition) is 1. The number of benzene rings is 1.